The maximum Gasteiger partial charge on any atom is 0.302 e. The molecule has 4 rings (SSSR count). The Morgan fingerprint density at radius 3 is 2.55 bits per heavy atom. The summed E-state index contributed by atoms with van der Waals surface area (Å²) in [7, 11) is 0. The van der Waals surface area contributed by atoms with Crippen LogP contribution in [0.4, 0.5) is 0 Å². The van der Waals surface area contributed by atoms with E-state index in [1.807, 2.05) is 6.92 Å². The average Bonchev–Trinajstić information content (AvgIpc) is 2.83. The number of aliphatic hydroxyl groups excluding tert-OH is 1. The Kier molecular flexibility index (Phi) is 6.39. The van der Waals surface area contributed by atoms with Crippen LogP contribution >= 0.6 is 0 Å². The Labute approximate surface area is 198 Å². The van der Waals surface area contributed by atoms with Crippen molar-refractivity contribution >= 4 is 11.8 Å². The third-order valence-electron chi connectivity index (χ3n) is 9.42. The van der Waals surface area contributed by atoms with Crippen LogP contribution in [0, 0.1) is 72.0 Å². The molecule has 2 N–H and O–H groups in total. The van der Waals surface area contributed by atoms with Crippen LogP contribution in [0.5, 0.6) is 0 Å². The number of hydrogen-bond donors (Lipinski definition) is 2. The number of fused-ring (bicyclic) bond motifs is 5. The Hall–Kier alpha value is -0.0181. The molecule has 0 aromatic heterocycles. The van der Waals surface area contributed by atoms with E-state index in [4.69, 9.17) is 4.74 Å². The van der Waals surface area contributed by atoms with Crippen molar-refractivity contribution in [2.45, 2.75) is 90.4 Å². The molecule has 0 radical (unpaired) electrons. The van der Waals surface area contributed by atoms with Gasteiger partial charge in [0.05, 0.1) is 11.7 Å². The number of rotatable bonds is 2. The molecule has 4 saturated carbocycles. The van der Waals surface area contributed by atoms with Gasteiger partial charge in [-0.15, -0.1) is 5.92 Å². The first kappa shape index (κ1) is 23.6. The molecule has 3 unspecified atom stereocenters. The van der Waals surface area contributed by atoms with E-state index in [1.54, 1.807) is 6.42 Å². The minimum atomic E-state index is -1.30. The maximum absolute atomic E-state index is 12.8. The molecule has 0 aromatic rings. The van der Waals surface area contributed by atoms with Crippen molar-refractivity contribution in [2.24, 2.45) is 34.5 Å². The van der Waals surface area contributed by atoms with E-state index < -0.39 is 17.1 Å². The van der Waals surface area contributed by atoms with Crippen molar-refractivity contribution in [3.8, 4) is 0 Å². The molecule has 6 heteroatoms. The Balaban J connectivity index is 0.00000240. The van der Waals surface area contributed by atoms with Gasteiger partial charge in [0.15, 0.2) is 0 Å². The molecule has 162 valence electrons. The molecule has 5 nitrogen and oxygen atoms in total. The molecule has 0 saturated heterocycles. The standard InChI is InChI=1S/C23H35O5.U/c1-5-23(27)19(26)12-17-20-16(7-9-22(17,23)4)21(3)8-6-15(28-13(2)24)10-14(21)11-18(20)25;/h12,14-18,20,25,27H,5-11H2,1-4H3;/q-1;/t14-,15+,16?,17?,18+,20?,21+,22+,23+;/m1./s1. The second kappa shape index (κ2) is 7.84. The molecule has 4 aliphatic carbocycles. The van der Waals surface area contributed by atoms with Crippen molar-refractivity contribution in [2.75, 3.05) is 0 Å². The van der Waals surface area contributed by atoms with Gasteiger partial charge in [0.25, 0.3) is 0 Å². The van der Waals surface area contributed by atoms with Crippen molar-refractivity contribution in [3.63, 3.8) is 0 Å². The van der Waals surface area contributed by atoms with Gasteiger partial charge in [0, 0.05) is 43.8 Å². The number of hydrogen-bond acceptors (Lipinski definition) is 5. The summed E-state index contributed by atoms with van der Waals surface area (Å²) in [6, 6.07) is 0. The fourth-order valence-electron chi connectivity index (χ4n) is 7.73. The van der Waals surface area contributed by atoms with Crippen molar-refractivity contribution < 1.29 is 55.7 Å². The number of aliphatic hydroxyl groups is 2. The van der Waals surface area contributed by atoms with E-state index in [-0.39, 0.29) is 66.2 Å². The molecule has 0 heterocycles. The van der Waals surface area contributed by atoms with Gasteiger partial charge in [-0.25, -0.2) is 0 Å². The number of esters is 1. The Morgan fingerprint density at radius 1 is 1.24 bits per heavy atom. The van der Waals surface area contributed by atoms with Crippen LogP contribution in [-0.4, -0.2) is 39.8 Å². The van der Waals surface area contributed by atoms with E-state index in [1.165, 1.54) is 6.92 Å². The van der Waals surface area contributed by atoms with Crippen molar-refractivity contribution in [3.05, 3.63) is 6.42 Å². The van der Waals surface area contributed by atoms with Crippen molar-refractivity contribution in [1.82, 2.24) is 0 Å². The normalized spacial score (nSPS) is 51.0. The monoisotopic (exact) mass is 629 g/mol. The molecule has 9 atom stereocenters. The molecular weight excluding hydrogens is 594 g/mol. The summed E-state index contributed by atoms with van der Waals surface area (Å²) in [5.74, 6) is 0.238. The van der Waals surface area contributed by atoms with Gasteiger partial charge in [0.2, 0.25) is 0 Å². The fraction of sp³-hybridized carbons (Fsp3) is 0.870. The van der Waals surface area contributed by atoms with Gasteiger partial charge in [-0.2, -0.15) is 0 Å². The zero-order valence-electron chi connectivity index (χ0n) is 18.1. The fourth-order valence-corrected chi connectivity index (χ4v) is 7.73. The van der Waals surface area contributed by atoms with Gasteiger partial charge in [-0.05, 0) is 73.5 Å². The van der Waals surface area contributed by atoms with E-state index >= 15 is 0 Å². The van der Waals surface area contributed by atoms with Gasteiger partial charge in [0.1, 0.15) is 6.10 Å². The zero-order valence-corrected chi connectivity index (χ0v) is 22.3. The summed E-state index contributed by atoms with van der Waals surface area (Å²) < 4.78 is 5.49. The van der Waals surface area contributed by atoms with Crippen LogP contribution in [-0.2, 0) is 14.3 Å². The molecule has 4 fully saturated rings. The second-order valence-corrected chi connectivity index (χ2v) is 10.4. The first-order valence-electron chi connectivity index (χ1n) is 11.0. The SMILES string of the molecule is CC[C@]1(O)C(=O)[CH-]C2C3C(CC[C@@]21C)[C@@]1(C)CC[C@H](OC(C)=O)C[C@@H]1C[C@@H]3O.[U]. The predicted molar refractivity (Wildman–Crippen MR) is 104 cm³/mol. The summed E-state index contributed by atoms with van der Waals surface area (Å²) in [5.41, 5.74) is -1.70. The van der Waals surface area contributed by atoms with Crippen molar-refractivity contribution in [1.29, 1.82) is 0 Å². The van der Waals surface area contributed by atoms with Crippen LogP contribution in [0.1, 0.15) is 72.6 Å². The third-order valence-corrected chi connectivity index (χ3v) is 9.42. The third kappa shape index (κ3) is 3.27. The number of carbonyl (C=O) groups excluding carboxylic acids is 2. The van der Waals surface area contributed by atoms with E-state index in [2.05, 4.69) is 13.8 Å². The number of ketones is 1. The van der Waals surface area contributed by atoms with E-state index in [0.717, 1.165) is 32.1 Å². The van der Waals surface area contributed by atoms with Crippen LogP contribution in [0.15, 0.2) is 0 Å². The zero-order chi connectivity index (χ0) is 20.5. The molecule has 0 amide bonds. The van der Waals surface area contributed by atoms with Crippen LogP contribution < -0.4 is 0 Å². The van der Waals surface area contributed by atoms with E-state index in [9.17, 15) is 19.8 Å². The van der Waals surface area contributed by atoms with Crippen LogP contribution in [0.2, 0.25) is 0 Å². The summed E-state index contributed by atoms with van der Waals surface area (Å²) in [5, 5.41) is 22.4. The largest absolute Gasteiger partial charge is 0.463 e. The van der Waals surface area contributed by atoms with E-state index in [0.29, 0.717) is 24.7 Å². The molecular formula is C23H35O5U-. The molecule has 0 aliphatic heterocycles. The van der Waals surface area contributed by atoms with Crippen LogP contribution in [0.3, 0.4) is 0 Å². The minimum Gasteiger partial charge on any atom is -0.463 e. The summed E-state index contributed by atoms with van der Waals surface area (Å²) in [6.07, 6.45) is 6.76. The smallest absolute Gasteiger partial charge is 0.302 e. The average molecular weight is 630 g/mol. The maximum atomic E-state index is 12.8. The topological polar surface area (TPSA) is 83.8 Å². The molecule has 29 heavy (non-hydrogen) atoms. The molecule has 0 spiro atoms. The van der Waals surface area contributed by atoms with Gasteiger partial charge in [-0.3, -0.25) is 4.79 Å². The summed E-state index contributed by atoms with van der Waals surface area (Å²) >= 11 is 0. The Bertz CT molecular complexity index is 682. The van der Waals surface area contributed by atoms with Gasteiger partial charge in [-0.1, -0.05) is 20.8 Å². The first-order chi connectivity index (χ1) is 13.1. The second-order valence-electron chi connectivity index (χ2n) is 10.4. The van der Waals surface area contributed by atoms with Gasteiger partial charge >= 0.3 is 5.97 Å². The minimum absolute atomic E-state index is 0. The predicted octanol–water partition coefficient (Wildman–Crippen LogP) is 3.07. The Morgan fingerprint density at radius 2 is 1.93 bits per heavy atom. The number of ether oxygens (including phenoxy) is 1. The first-order valence-corrected chi connectivity index (χ1v) is 11.0. The number of Topliss-reactive ketones (excluding diaryl/α,β-unsaturated/α-hetero) is 1. The summed E-state index contributed by atoms with van der Waals surface area (Å²) in [4.78, 5) is 24.1. The molecule has 0 bridgehead atoms. The molecule has 4 aliphatic rings. The molecule has 0 aromatic carbocycles. The summed E-state index contributed by atoms with van der Waals surface area (Å²) in [6.45, 7) is 7.74. The number of carbonyl (C=O) groups is 2. The van der Waals surface area contributed by atoms with Gasteiger partial charge < -0.3 is 26.2 Å². The quantitative estimate of drug-likeness (QED) is 0.363. The van der Waals surface area contributed by atoms with Crippen LogP contribution in [0.25, 0.3) is 0 Å².